The monoisotopic (exact) mass is 446 g/mol. The maximum Gasteiger partial charge on any atom is 0.132 e. The van der Waals surface area contributed by atoms with Crippen LogP contribution in [-0.2, 0) is 0 Å². The Morgan fingerprint density at radius 1 is 0.606 bits per heavy atom. The summed E-state index contributed by atoms with van der Waals surface area (Å²) in [5.74, 6) is 1.63. The van der Waals surface area contributed by atoms with E-state index in [0.29, 0.717) is 5.92 Å². The fourth-order valence-electron chi connectivity index (χ4n) is 4.86. The lowest BCUT2D eigenvalue weighted by atomic mass is 9.92. The standard InChI is InChI=1S/C30H26N2S/c1-17(2)20-15-16-24(23-12-8-7-11-22(20)23)26-29-27(32-30(31-26)18(3)4)25-14-13-19-9-5-6-10-21(19)28(25)33-29/h5-18H,1-4H3. The van der Waals surface area contributed by atoms with Gasteiger partial charge in [0, 0.05) is 21.6 Å². The van der Waals surface area contributed by atoms with Crippen molar-refractivity contribution in [3.05, 3.63) is 84.2 Å². The molecule has 2 aromatic heterocycles. The second-order valence-corrected chi connectivity index (χ2v) is 10.5. The van der Waals surface area contributed by atoms with Gasteiger partial charge in [-0.2, -0.15) is 0 Å². The van der Waals surface area contributed by atoms with E-state index in [1.54, 1.807) is 0 Å². The molecule has 2 heterocycles. The summed E-state index contributed by atoms with van der Waals surface area (Å²) in [6.07, 6.45) is 0. The number of thiophene rings is 1. The van der Waals surface area contributed by atoms with Crippen molar-refractivity contribution in [1.29, 1.82) is 0 Å². The molecule has 0 fully saturated rings. The Labute approximate surface area is 197 Å². The van der Waals surface area contributed by atoms with Crippen LogP contribution in [0, 0.1) is 0 Å². The lowest BCUT2D eigenvalue weighted by molar-refractivity contribution is 0.785. The number of benzene rings is 4. The summed E-state index contributed by atoms with van der Waals surface area (Å²) in [6, 6.07) is 26.4. The molecule has 0 aliphatic carbocycles. The van der Waals surface area contributed by atoms with E-state index in [4.69, 9.17) is 9.97 Å². The maximum absolute atomic E-state index is 5.17. The minimum atomic E-state index is 0.254. The molecular weight excluding hydrogens is 420 g/mol. The highest BCUT2D eigenvalue weighted by atomic mass is 32.1. The average molecular weight is 447 g/mol. The van der Waals surface area contributed by atoms with Gasteiger partial charge in [0.2, 0.25) is 0 Å². The predicted octanol–water partition coefficient (Wildman–Crippen LogP) is 9.06. The Morgan fingerprint density at radius 2 is 1.33 bits per heavy atom. The zero-order valence-electron chi connectivity index (χ0n) is 19.4. The van der Waals surface area contributed by atoms with Crippen LogP contribution in [0.15, 0.2) is 72.8 Å². The van der Waals surface area contributed by atoms with Gasteiger partial charge in [-0.3, -0.25) is 0 Å². The van der Waals surface area contributed by atoms with Crippen LogP contribution in [0.2, 0.25) is 0 Å². The largest absolute Gasteiger partial charge is 0.231 e. The zero-order valence-corrected chi connectivity index (χ0v) is 20.2. The predicted molar refractivity (Wildman–Crippen MR) is 144 cm³/mol. The fourth-order valence-corrected chi connectivity index (χ4v) is 6.14. The second kappa shape index (κ2) is 7.64. The van der Waals surface area contributed by atoms with Crippen LogP contribution in [0.25, 0.3) is 53.1 Å². The minimum absolute atomic E-state index is 0.254. The molecule has 3 heteroatoms. The number of rotatable bonds is 3. The highest BCUT2D eigenvalue weighted by Crippen LogP contribution is 2.43. The summed E-state index contributed by atoms with van der Waals surface area (Å²) in [6.45, 7) is 8.88. The molecule has 0 unspecified atom stereocenters. The first kappa shape index (κ1) is 20.3. The van der Waals surface area contributed by atoms with Gasteiger partial charge in [0.1, 0.15) is 5.82 Å². The number of nitrogens with zero attached hydrogens (tertiary/aromatic N) is 2. The van der Waals surface area contributed by atoms with E-state index in [9.17, 15) is 0 Å². The summed E-state index contributed by atoms with van der Waals surface area (Å²) in [4.78, 5) is 10.3. The van der Waals surface area contributed by atoms with Crippen molar-refractivity contribution in [2.75, 3.05) is 0 Å². The van der Waals surface area contributed by atoms with Crippen molar-refractivity contribution in [1.82, 2.24) is 9.97 Å². The Bertz CT molecular complexity index is 1670. The molecule has 0 radical (unpaired) electrons. The highest BCUT2D eigenvalue weighted by molar-refractivity contribution is 7.27. The van der Waals surface area contributed by atoms with Crippen LogP contribution < -0.4 is 0 Å². The quantitative estimate of drug-likeness (QED) is 0.271. The average Bonchev–Trinajstić information content (AvgIpc) is 3.22. The molecule has 6 rings (SSSR count). The fraction of sp³-hybridized carbons (Fsp3) is 0.200. The second-order valence-electron chi connectivity index (χ2n) is 9.43. The summed E-state index contributed by atoms with van der Waals surface area (Å²) < 4.78 is 2.47. The molecule has 33 heavy (non-hydrogen) atoms. The van der Waals surface area contributed by atoms with E-state index in [2.05, 4.69) is 100 Å². The van der Waals surface area contributed by atoms with Gasteiger partial charge >= 0.3 is 0 Å². The molecule has 4 aromatic carbocycles. The SMILES string of the molecule is CC(C)c1nc(-c2ccc(C(C)C)c3ccccc23)c2sc3c4ccccc4ccc3c2n1. The third kappa shape index (κ3) is 3.14. The Balaban J connectivity index is 1.76. The van der Waals surface area contributed by atoms with E-state index in [0.717, 1.165) is 17.0 Å². The van der Waals surface area contributed by atoms with E-state index in [1.807, 2.05) is 11.3 Å². The molecule has 0 amide bonds. The third-order valence-electron chi connectivity index (χ3n) is 6.57. The number of aromatic nitrogens is 2. The first-order chi connectivity index (χ1) is 16.0. The molecule has 0 saturated heterocycles. The third-order valence-corrected chi connectivity index (χ3v) is 7.81. The molecular formula is C30H26N2S. The molecule has 2 nitrogen and oxygen atoms in total. The molecule has 0 saturated carbocycles. The lowest BCUT2D eigenvalue weighted by Gasteiger charge is -2.15. The van der Waals surface area contributed by atoms with E-state index < -0.39 is 0 Å². The molecule has 0 aliphatic heterocycles. The lowest BCUT2D eigenvalue weighted by Crippen LogP contribution is -2.00. The molecule has 0 bridgehead atoms. The van der Waals surface area contributed by atoms with Gasteiger partial charge in [-0.05, 0) is 33.0 Å². The molecule has 0 N–H and O–H groups in total. The van der Waals surface area contributed by atoms with Crippen LogP contribution in [0.4, 0.5) is 0 Å². The van der Waals surface area contributed by atoms with E-state index in [1.165, 1.54) is 47.5 Å². The minimum Gasteiger partial charge on any atom is -0.231 e. The van der Waals surface area contributed by atoms with Crippen molar-refractivity contribution in [2.24, 2.45) is 0 Å². The number of hydrogen-bond acceptors (Lipinski definition) is 3. The van der Waals surface area contributed by atoms with Gasteiger partial charge < -0.3 is 0 Å². The van der Waals surface area contributed by atoms with Crippen molar-refractivity contribution in [3.63, 3.8) is 0 Å². The van der Waals surface area contributed by atoms with E-state index in [-0.39, 0.29) is 5.92 Å². The summed E-state index contributed by atoms with van der Waals surface area (Å²) in [5, 5.41) is 6.36. The topological polar surface area (TPSA) is 25.8 Å². The number of fused-ring (bicyclic) bond motifs is 6. The van der Waals surface area contributed by atoms with Gasteiger partial charge in [-0.15, -0.1) is 11.3 Å². The molecule has 162 valence electrons. The molecule has 0 aliphatic rings. The van der Waals surface area contributed by atoms with Gasteiger partial charge in [0.05, 0.1) is 15.9 Å². The van der Waals surface area contributed by atoms with Crippen molar-refractivity contribution >= 4 is 53.2 Å². The van der Waals surface area contributed by atoms with Gasteiger partial charge in [0.25, 0.3) is 0 Å². The van der Waals surface area contributed by atoms with Crippen LogP contribution >= 0.6 is 11.3 Å². The first-order valence-corrected chi connectivity index (χ1v) is 12.5. The summed E-state index contributed by atoms with van der Waals surface area (Å²) in [5.41, 5.74) is 4.71. The Kier molecular flexibility index (Phi) is 4.70. The highest BCUT2D eigenvalue weighted by Gasteiger charge is 2.20. The summed E-state index contributed by atoms with van der Waals surface area (Å²) >= 11 is 1.83. The van der Waals surface area contributed by atoms with Crippen molar-refractivity contribution in [2.45, 2.75) is 39.5 Å². The summed E-state index contributed by atoms with van der Waals surface area (Å²) in [7, 11) is 0. The number of hydrogen-bond donors (Lipinski definition) is 0. The maximum atomic E-state index is 5.17. The van der Waals surface area contributed by atoms with Gasteiger partial charge in [-0.1, -0.05) is 100 Å². The first-order valence-electron chi connectivity index (χ1n) is 11.7. The van der Waals surface area contributed by atoms with Crippen LogP contribution in [0.3, 0.4) is 0 Å². The van der Waals surface area contributed by atoms with Crippen LogP contribution in [0.5, 0.6) is 0 Å². The van der Waals surface area contributed by atoms with Gasteiger partial charge in [-0.25, -0.2) is 9.97 Å². The Hall–Kier alpha value is -3.30. The van der Waals surface area contributed by atoms with E-state index >= 15 is 0 Å². The van der Waals surface area contributed by atoms with Crippen LogP contribution in [0.1, 0.15) is 50.9 Å². The normalized spacial score (nSPS) is 12.2. The molecule has 0 spiro atoms. The smallest absolute Gasteiger partial charge is 0.132 e. The Morgan fingerprint density at radius 3 is 2.09 bits per heavy atom. The van der Waals surface area contributed by atoms with Crippen molar-refractivity contribution in [3.8, 4) is 11.3 Å². The zero-order chi connectivity index (χ0) is 22.7. The van der Waals surface area contributed by atoms with Crippen LogP contribution in [-0.4, -0.2) is 9.97 Å². The van der Waals surface area contributed by atoms with Crippen molar-refractivity contribution < 1.29 is 0 Å². The van der Waals surface area contributed by atoms with Gasteiger partial charge in [0.15, 0.2) is 0 Å². The molecule has 6 aromatic rings. The molecule has 0 atom stereocenters.